The molecule has 2 atom stereocenters. The van der Waals surface area contributed by atoms with Gasteiger partial charge in [0.1, 0.15) is 0 Å². The number of hydrogen-bond acceptors (Lipinski definition) is 1. The Balaban J connectivity index is 2.08. The van der Waals surface area contributed by atoms with Crippen molar-refractivity contribution in [2.24, 2.45) is 5.92 Å². The van der Waals surface area contributed by atoms with Crippen LogP contribution in [0.5, 0.6) is 0 Å². The highest BCUT2D eigenvalue weighted by Crippen LogP contribution is 2.25. The fraction of sp³-hybridized carbons (Fsp3) is 0.588. The van der Waals surface area contributed by atoms with Crippen molar-refractivity contribution in [1.82, 2.24) is 5.32 Å². The molecule has 1 fully saturated rings. The fourth-order valence-corrected chi connectivity index (χ4v) is 3.46. The Bertz CT molecular complexity index is 430. The highest BCUT2D eigenvalue weighted by atomic mass is 32.1. The molecule has 0 amide bonds. The van der Waals surface area contributed by atoms with Gasteiger partial charge in [-0.05, 0) is 57.0 Å². The van der Waals surface area contributed by atoms with Crippen LogP contribution in [0.1, 0.15) is 46.5 Å². The van der Waals surface area contributed by atoms with E-state index in [9.17, 15) is 0 Å². The molecule has 0 saturated heterocycles. The largest absolute Gasteiger partial charge is 0.359 e. The zero-order valence-corrected chi connectivity index (χ0v) is 13.6. The smallest absolute Gasteiger partial charge is 0.173 e. The van der Waals surface area contributed by atoms with E-state index in [4.69, 9.17) is 12.2 Å². The third kappa shape index (κ3) is 3.72. The third-order valence-corrected chi connectivity index (χ3v) is 4.50. The minimum absolute atomic E-state index is 0.358. The summed E-state index contributed by atoms with van der Waals surface area (Å²) < 4.78 is 0. The van der Waals surface area contributed by atoms with Crippen LogP contribution in [0, 0.1) is 5.92 Å². The van der Waals surface area contributed by atoms with Crippen molar-refractivity contribution in [3.05, 3.63) is 30.3 Å². The molecule has 2 nitrogen and oxygen atoms in total. The Labute approximate surface area is 128 Å². The van der Waals surface area contributed by atoms with Crippen molar-refractivity contribution in [2.45, 2.75) is 58.5 Å². The minimum Gasteiger partial charge on any atom is -0.359 e. The first-order chi connectivity index (χ1) is 9.59. The molecule has 3 heteroatoms. The summed E-state index contributed by atoms with van der Waals surface area (Å²) in [6, 6.07) is 11.3. The standard InChI is InChI=1S/C17H26N2S/c1-13(2)19(15-10-5-4-6-11-15)17(20)18-16-12-8-7-9-14(16)3/h4-6,10-11,13-14,16H,7-9,12H2,1-3H3,(H,18,20)/t14-,16+/m0/s1. The lowest BCUT2D eigenvalue weighted by Crippen LogP contribution is -2.50. The molecule has 0 bridgehead atoms. The predicted octanol–water partition coefficient (Wildman–Crippen LogP) is 4.35. The van der Waals surface area contributed by atoms with Crippen LogP contribution in [-0.2, 0) is 0 Å². The van der Waals surface area contributed by atoms with E-state index in [0.29, 0.717) is 18.0 Å². The molecule has 0 aliphatic heterocycles. The van der Waals surface area contributed by atoms with Gasteiger partial charge < -0.3 is 10.2 Å². The Morgan fingerprint density at radius 3 is 2.45 bits per heavy atom. The van der Waals surface area contributed by atoms with E-state index < -0.39 is 0 Å². The van der Waals surface area contributed by atoms with Crippen molar-refractivity contribution in [2.75, 3.05) is 4.90 Å². The number of benzene rings is 1. The van der Waals surface area contributed by atoms with Crippen LogP contribution in [0.4, 0.5) is 5.69 Å². The van der Waals surface area contributed by atoms with Crippen molar-refractivity contribution in [1.29, 1.82) is 0 Å². The molecule has 1 aliphatic carbocycles. The topological polar surface area (TPSA) is 15.3 Å². The Kier molecular flexibility index (Phi) is 5.41. The van der Waals surface area contributed by atoms with Crippen LogP contribution < -0.4 is 10.2 Å². The van der Waals surface area contributed by atoms with Crippen molar-refractivity contribution < 1.29 is 0 Å². The van der Waals surface area contributed by atoms with E-state index in [2.05, 4.69) is 55.3 Å². The summed E-state index contributed by atoms with van der Waals surface area (Å²) >= 11 is 5.68. The highest BCUT2D eigenvalue weighted by Gasteiger charge is 2.24. The number of hydrogen-bond donors (Lipinski definition) is 1. The van der Waals surface area contributed by atoms with Gasteiger partial charge >= 0.3 is 0 Å². The summed E-state index contributed by atoms with van der Waals surface area (Å²) in [4.78, 5) is 2.22. The maximum absolute atomic E-state index is 5.68. The van der Waals surface area contributed by atoms with Gasteiger partial charge in [-0.3, -0.25) is 0 Å². The van der Waals surface area contributed by atoms with Crippen molar-refractivity contribution in [3.63, 3.8) is 0 Å². The predicted molar refractivity (Wildman–Crippen MR) is 91.2 cm³/mol. The quantitative estimate of drug-likeness (QED) is 0.833. The maximum atomic E-state index is 5.68. The molecule has 2 rings (SSSR count). The van der Waals surface area contributed by atoms with Gasteiger partial charge in [0.15, 0.2) is 5.11 Å². The zero-order chi connectivity index (χ0) is 14.5. The Morgan fingerprint density at radius 2 is 1.85 bits per heavy atom. The second kappa shape index (κ2) is 7.07. The number of nitrogens with one attached hydrogen (secondary N) is 1. The molecule has 20 heavy (non-hydrogen) atoms. The van der Waals surface area contributed by atoms with E-state index in [-0.39, 0.29) is 0 Å². The Hall–Kier alpha value is -1.09. The molecule has 0 radical (unpaired) electrons. The second-order valence-corrected chi connectivity index (χ2v) is 6.50. The van der Waals surface area contributed by atoms with Gasteiger partial charge in [-0.1, -0.05) is 38.0 Å². The first-order valence-electron chi connectivity index (χ1n) is 7.74. The summed E-state index contributed by atoms with van der Waals surface area (Å²) in [5, 5.41) is 4.47. The number of anilines is 1. The molecule has 1 aromatic carbocycles. The number of rotatable bonds is 3. The van der Waals surface area contributed by atoms with Gasteiger partial charge in [0, 0.05) is 17.8 Å². The van der Waals surface area contributed by atoms with E-state index in [1.165, 1.54) is 31.4 Å². The van der Waals surface area contributed by atoms with E-state index >= 15 is 0 Å². The molecule has 1 aromatic rings. The number of para-hydroxylation sites is 1. The Morgan fingerprint density at radius 1 is 1.20 bits per heavy atom. The minimum atomic E-state index is 0.358. The van der Waals surface area contributed by atoms with E-state index in [1.54, 1.807) is 0 Å². The number of thiocarbonyl (C=S) groups is 1. The van der Waals surface area contributed by atoms with E-state index in [0.717, 1.165) is 5.11 Å². The first-order valence-corrected chi connectivity index (χ1v) is 8.15. The van der Waals surface area contributed by atoms with Gasteiger partial charge in [0.05, 0.1) is 0 Å². The van der Waals surface area contributed by atoms with E-state index in [1.807, 2.05) is 6.07 Å². The fourth-order valence-electron chi connectivity index (χ4n) is 3.00. The molecule has 0 aromatic heterocycles. The van der Waals surface area contributed by atoms with Gasteiger partial charge in [0.25, 0.3) is 0 Å². The van der Waals surface area contributed by atoms with Gasteiger partial charge in [-0.2, -0.15) is 0 Å². The summed E-state index contributed by atoms with van der Waals surface area (Å²) in [7, 11) is 0. The van der Waals surface area contributed by atoms with Crippen LogP contribution in [0.15, 0.2) is 30.3 Å². The lowest BCUT2D eigenvalue weighted by Gasteiger charge is -2.36. The molecule has 1 N–H and O–H groups in total. The lowest BCUT2D eigenvalue weighted by atomic mass is 9.86. The molecular formula is C17H26N2S. The molecule has 0 spiro atoms. The highest BCUT2D eigenvalue weighted by molar-refractivity contribution is 7.80. The van der Waals surface area contributed by atoms with Gasteiger partial charge in [-0.25, -0.2) is 0 Å². The normalized spacial score (nSPS) is 22.6. The number of nitrogens with zero attached hydrogens (tertiary/aromatic N) is 1. The maximum Gasteiger partial charge on any atom is 0.173 e. The summed E-state index contributed by atoms with van der Waals surface area (Å²) in [5.41, 5.74) is 1.17. The van der Waals surface area contributed by atoms with Crippen LogP contribution in [0.25, 0.3) is 0 Å². The average molecular weight is 290 g/mol. The lowest BCUT2D eigenvalue weighted by molar-refractivity contribution is 0.308. The summed E-state index contributed by atoms with van der Waals surface area (Å²) in [6.45, 7) is 6.71. The van der Waals surface area contributed by atoms with Crippen LogP contribution >= 0.6 is 12.2 Å². The van der Waals surface area contributed by atoms with Crippen LogP contribution in [0.2, 0.25) is 0 Å². The van der Waals surface area contributed by atoms with Gasteiger partial charge in [-0.15, -0.1) is 0 Å². The molecular weight excluding hydrogens is 264 g/mol. The zero-order valence-electron chi connectivity index (χ0n) is 12.8. The SMILES string of the molecule is CC(C)N(C(=S)N[C@@H]1CCCC[C@@H]1C)c1ccccc1. The monoisotopic (exact) mass is 290 g/mol. The summed E-state index contributed by atoms with van der Waals surface area (Å²) in [5.74, 6) is 0.714. The van der Waals surface area contributed by atoms with Crippen LogP contribution in [0.3, 0.4) is 0 Å². The molecule has 110 valence electrons. The summed E-state index contributed by atoms with van der Waals surface area (Å²) in [6.07, 6.45) is 5.23. The molecule has 1 aliphatic rings. The average Bonchev–Trinajstić information content (AvgIpc) is 2.42. The van der Waals surface area contributed by atoms with Crippen molar-refractivity contribution in [3.8, 4) is 0 Å². The van der Waals surface area contributed by atoms with Crippen molar-refractivity contribution >= 4 is 23.0 Å². The third-order valence-electron chi connectivity index (χ3n) is 4.19. The first kappa shape index (κ1) is 15.3. The molecule has 0 heterocycles. The van der Waals surface area contributed by atoms with Gasteiger partial charge in [0.2, 0.25) is 0 Å². The molecule has 0 unspecified atom stereocenters. The van der Waals surface area contributed by atoms with Crippen LogP contribution in [-0.4, -0.2) is 17.2 Å². The second-order valence-electron chi connectivity index (χ2n) is 6.12. The molecule has 1 saturated carbocycles.